The highest BCUT2D eigenvalue weighted by molar-refractivity contribution is 5.10. The number of hydrogen-bond donors (Lipinski definition) is 1. The van der Waals surface area contributed by atoms with E-state index in [1.54, 1.807) is 13.0 Å². The summed E-state index contributed by atoms with van der Waals surface area (Å²) in [5.74, 6) is 0. The lowest BCUT2D eigenvalue weighted by molar-refractivity contribution is -0.154. The summed E-state index contributed by atoms with van der Waals surface area (Å²) in [6.07, 6.45) is 8.14. The van der Waals surface area contributed by atoms with Crippen molar-refractivity contribution < 1.29 is 19.3 Å². The largest absolute Gasteiger partial charge is 0.383 e. The van der Waals surface area contributed by atoms with Crippen LogP contribution in [0.1, 0.15) is 27.2 Å². The molecule has 1 fully saturated rings. The van der Waals surface area contributed by atoms with Gasteiger partial charge < -0.3 is 19.3 Å². The van der Waals surface area contributed by atoms with Crippen molar-refractivity contribution in [3.8, 4) is 0 Å². The van der Waals surface area contributed by atoms with Gasteiger partial charge >= 0.3 is 0 Å². The van der Waals surface area contributed by atoms with Crippen molar-refractivity contribution in [2.75, 3.05) is 6.61 Å². The van der Waals surface area contributed by atoms with E-state index in [1.165, 1.54) is 0 Å². The molecule has 0 amide bonds. The number of epoxide rings is 1. The Hall–Kier alpha value is -0.680. The first-order valence-corrected chi connectivity index (χ1v) is 6.48. The molecule has 0 aromatic carbocycles. The van der Waals surface area contributed by atoms with Crippen molar-refractivity contribution >= 4 is 0 Å². The van der Waals surface area contributed by atoms with Crippen LogP contribution in [0, 0.1) is 0 Å². The van der Waals surface area contributed by atoms with Gasteiger partial charge in [-0.3, -0.25) is 0 Å². The number of hydrogen-bond acceptors (Lipinski definition) is 4. The van der Waals surface area contributed by atoms with Crippen LogP contribution < -0.4 is 0 Å². The van der Waals surface area contributed by atoms with Gasteiger partial charge in [0.15, 0.2) is 6.29 Å². The lowest BCUT2D eigenvalue weighted by Crippen LogP contribution is -2.31. The van der Waals surface area contributed by atoms with Gasteiger partial charge in [-0.15, -0.1) is 0 Å². The Balaban J connectivity index is 1.86. The molecular weight excluding hydrogens is 232 g/mol. The topological polar surface area (TPSA) is 51.2 Å². The van der Waals surface area contributed by atoms with Crippen LogP contribution in [0.3, 0.4) is 0 Å². The third kappa shape index (κ3) is 3.92. The van der Waals surface area contributed by atoms with Crippen LogP contribution in [0.2, 0.25) is 0 Å². The normalized spacial score (nSPS) is 35.1. The zero-order chi connectivity index (χ0) is 13.2. The van der Waals surface area contributed by atoms with Gasteiger partial charge in [0.25, 0.3) is 0 Å². The molecule has 1 saturated heterocycles. The second-order valence-electron chi connectivity index (χ2n) is 5.30. The minimum atomic E-state index is -0.904. The molecular formula is C14H22O4. The lowest BCUT2D eigenvalue weighted by atomic mass is 10.0. The van der Waals surface area contributed by atoms with Crippen molar-refractivity contribution in [1.82, 2.24) is 0 Å². The minimum absolute atomic E-state index is 0.0519. The van der Waals surface area contributed by atoms with E-state index >= 15 is 0 Å². The Bertz CT molecular complexity index is 329. The molecule has 4 atom stereocenters. The van der Waals surface area contributed by atoms with Crippen LogP contribution in [-0.4, -0.2) is 41.9 Å². The van der Waals surface area contributed by atoms with Crippen molar-refractivity contribution in [3.05, 3.63) is 24.3 Å². The van der Waals surface area contributed by atoms with Gasteiger partial charge in [-0.25, -0.2) is 0 Å². The Labute approximate surface area is 108 Å². The SMILES string of the molecule is CC(C)O[C@H]1C=CC[C@H](/C=C/[C@@](C)(O)[C@H]2CO2)O1. The van der Waals surface area contributed by atoms with E-state index in [0.717, 1.165) is 6.42 Å². The zero-order valence-electron chi connectivity index (χ0n) is 11.2. The molecule has 0 aromatic heterocycles. The maximum absolute atomic E-state index is 10.1. The van der Waals surface area contributed by atoms with Crippen molar-refractivity contribution in [2.24, 2.45) is 0 Å². The molecule has 18 heavy (non-hydrogen) atoms. The fourth-order valence-corrected chi connectivity index (χ4v) is 1.86. The van der Waals surface area contributed by atoms with E-state index in [-0.39, 0.29) is 24.6 Å². The average Bonchev–Trinajstić information content (AvgIpc) is 3.10. The number of ether oxygens (including phenoxy) is 3. The molecule has 0 radical (unpaired) electrons. The number of aliphatic hydroxyl groups is 1. The fourth-order valence-electron chi connectivity index (χ4n) is 1.86. The van der Waals surface area contributed by atoms with Gasteiger partial charge in [0.2, 0.25) is 0 Å². The van der Waals surface area contributed by atoms with Crippen LogP contribution in [0.15, 0.2) is 24.3 Å². The van der Waals surface area contributed by atoms with Crippen molar-refractivity contribution in [1.29, 1.82) is 0 Å². The zero-order valence-corrected chi connectivity index (χ0v) is 11.2. The minimum Gasteiger partial charge on any atom is -0.383 e. The van der Waals surface area contributed by atoms with E-state index in [9.17, 15) is 5.11 Å². The summed E-state index contributed by atoms with van der Waals surface area (Å²) in [5, 5.41) is 10.1. The maximum atomic E-state index is 10.1. The van der Waals surface area contributed by atoms with Gasteiger partial charge in [0.1, 0.15) is 11.7 Å². The monoisotopic (exact) mass is 254 g/mol. The van der Waals surface area contributed by atoms with Gasteiger partial charge in [0, 0.05) is 0 Å². The van der Waals surface area contributed by atoms with Crippen LogP contribution in [-0.2, 0) is 14.2 Å². The average molecular weight is 254 g/mol. The van der Waals surface area contributed by atoms with E-state index in [4.69, 9.17) is 14.2 Å². The predicted molar refractivity (Wildman–Crippen MR) is 68.1 cm³/mol. The van der Waals surface area contributed by atoms with Gasteiger partial charge in [-0.05, 0) is 33.3 Å². The van der Waals surface area contributed by atoms with Gasteiger partial charge in [0.05, 0.1) is 18.8 Å². The predicted octanol–water partition coefficient (Wildman–Crippen LogP) is 1.79. The summed E-state index contributed by atoms with van der Waals surface area (Å²) in [5.41, 5.74) is -0.904. The number of rotatable bonds is 5. The van der Waals surface area contributed by atoms with E-state index in [0.29, 0.717) is 6.61 Å². The Morgan fingerprint density at radius 2 is 2.22 bits per heavy atom. The molecule has 0 unspecified atom stereocenters. The highest BCUT2D eigenvalue weighted by Crippen LogP contribution is 2.26. The molecule has 4 nitrogen and oxygen atoms in total. The molecule has 2 rings (SSSR count). The molecule has 4 heteroatoms. The fraction of sp³-hybridized carbons (Fsp3) is 0.714. The quantitative estimate of drug-likeness (QED) is 0.600. The van der Waals surface area contributed by atoms with E-state index in [2.05, 4.69) is 0 Å². The highest BCUT2D eigenvalue weighted by Gasteiger charge is 2.39. The molecule has 1 N–H and O–H groups in total. The molecule has 2 aliphatic heterocycles. The van der Waals surface area contributed by atoms with Crippen molar-refractivity contribution in [3.63, 3.8) is 0 Å². The Kier molecular flexibility index (Phi) is 4.22. The third-order valence-corrected chi connectivity index (χ3v) is 3.01. The summed E-state index contributed by atoms with van der Waals surface area (Å²) >= 11 is 0. The molecule has 0 spiro atoms. The van der Waals surface area contributed by atoms with E-state index < -0.39 is 5.60 Å². The summed E-state index contributed by atoms with van der Waals surface area (Å²) < 4.78 is 16.4. The molecule has 0 aliphatic carbocycles. The van der Waals surface area contributed by atoms with Crippen LogP contribution >= 0.6 is 0 Å². The first kappa shape index (κ1) is 13.7. The Morgan fingerprint density at radius 3 is 2.83 bits per heavy atom. The molecule has 2 heterocycles. The van der Waals surface area contributed by atoms with E-state index in [1.807, 2.05) is 32.1 Å². The van der Waals surface area contributed by atoms with Crippen LogP contribution in [0.25, 0.3) is 0 Å². The third-order valence-electron chi connectivity index (χ3n) is 3.01. The molecule has 0 bridgehead atoms. The summed E-state index contributed by atoms with van der Waals surface area (Å²) in [6.45, 7) is 6.33. The summed E-state index contributed by atoms with van der Waals surface area (Å²) in [6, 6.07) is 0. The maximum Gasteiger partial charge on any atom is 0.177 e. The summed E-state index contributed by atoms with van der Waals surface area (Å²) in [7, 11) is 0. The Morgan fingerprint density at radius 1 is 1.50 bits per heavy atom. The van der Waals surface area contributed by atoms with Gasteiger partial charge in [-0.2, -0.15) is 0 Å². The van der Waals surface area contributed by atoms with Crippen molar-refractivity contribution in [2.45, 2.75) is 57.4 Å². The second kappa shape index (κ2) is 5.53. The van der Waals surface area contributed by atoms with Crippen LogP contribution in [0.5, 0.6) is 0 Å². The second-order valence-corrected chi connectivity index (χ2v) is 5.30. The molecule has 2 aliphatic rings. The highest BCUT2D eigenvalue weighted by atomic mass is 16.7. The first-order valence-electron chi connectivity index (χ1n) is 6.48. The molecule has 0 aromatic rings. The smallest absolute Gasteiger partial charge is 0.177 e. The lowest BCUT2D eigenvalue weighted by Gasteiger charge is -2.26. The first-order chi connectivity index (χ1) is 8.47. The molecule has 0 saturated carbocycles. The van der Waals surface area contributed by atoms with Gasteiger partial charge in [-0.1, -0.05) is 18.2 Å². The summed E-state index contributed by atoms with van der Waals surface area (Å²) in [4.78, 5) is 0. The van der Waals surface area contributed by atoms with Crippen LogP contribution in [0.4, 0.5) is 0 Å². The molecule has 102 valence electrons. The standard InChI is InChI=1S/C14H22O4/c1-10(2)17-13-6-4-5-11(18-13)7-8-14(3,15)12-9-16-12/h4,6-8,10-13,15H,5,9H2,1-3H3/b8-7+/t11-,12-,13-,14-/m1/s1.